The number of rotatable bonds is 6. The molecule has 2 N–H and O–H groups in total. The highest BCUT2D eigenvalue weighted by molar-refractivity contribution is 5.81. The number of nitrogens with zero attached hydrogens (tertiary/aromatic N) is 3. The van der Waals surface area contributed by atoms with E-state index in [-0.39, 0.29) is 23.8 Å². The van der Waals surface area contributed by atoms with Gasteiger partial charge in [-0.3, -0.25) is 14.6 Å². The lowest BCUT2D eigenvalue weighted by Crippen LogP contribution is -2.45. The van der Waals surface area contributed by atoms with Gasteiger partial charge in [0, 0.05) is 58.2 Å². The lowest BCUT2D eigenvalue weighted by atomic mass is 9.99. The van der Waals surface area contributed by atoms with Crippen LogP contribution in [-0.2, 0) is 22.6 Å². The first-order valence-electron chi connectivity index (χ1n) is 11.1. The minimum absolute atomic E-state index is 0.0344. The number of carbonyl (C=O) groups is 2. The van der Waals surface area contributed by atoms with E-state index in [1.54, 1.807) is 7.05 Å². The van der Waals surface area contributed by atoms with E-state index in [0.717, 1.165) is 44.9 Å². The van der Waals surface area contributed by atoms with Crippen molar-refractivity contribution in [2.45, 2.75) is 52.1 Å². The van der Waals surface area contributed by atoms with Crippen molar-refractivity contribution < 1.29 is 9.59 Å². The van der Waals surface area contributed by atoms with Gasteiger partial charge in [-0.05, 0) is 30.4 Å². The summed E-state index contributed by atoms with van der Waals surface area (Å²) in [6.45, 7) is 7.60. The van der Waals surface area contributed by atoms with Crippen molar-refractivity contribution in [3.63, 3.8) is 0 Å². The van der Waals surface area contributed by atoms with Crippen LogP contribution < -0.4 is 10.6 Å². The fourth-order valence-electron chi connectivity index (χ4n) is 4.14. The first kappa shape index (κ1) is 22.1. The summed E-state index contributed by atoms with van der Waals surface area (Å²) in [6, 6.07) is 8.59. The number of fused-ring (bicyclic) bond motifs is 1. The second-order valence-corrected chi connectivity index (χ2v) is 8.51. The Kier molecular flexibility index (Phi) is 7.71. The molecule has 0 bridgehead atoms. The number of carbonyl (C=O) groups excluding carboxylic acids is 2. The maximum absolute atomic E-state index is 12.6. The SMILES string of the molecule is CN=C(NCCCC(=O)N1CCc2ccccc2C1)NC1CCN(C(=O)C(C)C)C1. The van der Waals surface area contributed by atoms with Crippen LogP contribution in [-0.4, -0.2) is 66.8 Å². The van der Waals surface area contributed by atoms with Crippen LogP contribution in [0.5, 0.6) is 0 Å². The summed E-state index contributed by atoms with van der Waals surface area (Å²) in [5.41, 5.74) is 2.63. The number of nitrogens with one attached hydrogen (secondary N) is 2. The van der Waals surface area contributed by atoms with Gasteiger partial charge in [-0.15, -0.1) is 0 Å². The van der Waals surface area contributed by atoms with Gasteiger partial charge in [0.05, 0.1) is 0 Å². The molecule has 30 heavy (non-hydrogen) atoms. The second-order valence-electron chi connectivity index (χ2n) is 8.51. The van der Waals surface area contributed by atoms with Crippen LogP contribution in [0.3, 0.4) is 0 Å². The van der Waals surface area contributed by atoms with E-state index in [1.165, 1.54) is 11.1 Å². The fourth-order valence-corrected chi connectivity index (χ4v) is 4.14. The summed E-state index contributed by atoms with van der Waals surface area (Å²) >= 11 is 0. The van der Waals surface area contributed by atoms with Crippen molar-refractivity contribution >= 4 is 17.8 Å². The molecule has 2 aliphatic rings. The van der Waals surface area contributed by atoms with Crippen LogP contribution in [0.4, 0.5) is 0 Å². The summed E-state index contributed by atoms with van der Waals surface area (Å²) in [7, 11) is 1.75. The predicted molar refractivity (Wildman–Crippen MR) is 119 cm³/mol. The second kappa shape index (κ2) is 10.5. The molecule has 3 rings (SSSR count). The summed E-state index contributed by atoms with van der Waals surface area (Å²) < 4.78 is 0. The quantitative estimate of drug-likeness (QED) is 0.423. The maximum atomic E-state index is 12.6. The lowest BCUT2D eigenvalue weighted by Gasteiger charge is -2.29. The van der Waals surface area contributed by atoms with Gasteiger partial charge in [-0.2, -0.15) is 0 Å². The molecule has 2 heterocycles. The van der Waals surface area contributed by atoms with Crippen LogP contribution in [0, 0.1) is 5.92 Å². The predicted octanol–water partition coefficient (Wildman–Crippen LogP) is 1.77. The van der Waals surface area contributed by atoms with Crippen LogP contribution in [0.1, 0.15) is 44.2 Å². The van der Waals surface area contributed by atoms with Crippen LogP contribution >= 0.6 is 0 Å². The van der Waals surface area contributed by atoms with E-state index in [2.05, 4.69) is 33.8 Å². The first-order chi connectivity index (χ1) is 14.5. The molecular weight excluding hydrogens is 378 g/mol. The number of aliphatic imine (C=N–C) groups is 1. The molecule has 0 aliphatic carbocycles. The molecule has 0 aromatic heterocycles. The van der Waals surface area contributed by atoms with Crippen molar-refractivity contribution in [2.75, 3.05) is 33.2 Å². The topological polar surface area (TPSA) is 77.0 Å². The van der Waals surface area contributed by atoms with Crippen LogP contribution in [0.25, 0.3) is 0 Å². The highest BCUT2D eigenvalue weighted by Gasteiger charge is 2.28. The maximum Gasteiger partial charge on any atom is 0.225 e. The van der Waals surface area contributed by atoms with Gasteiger partial charge >= 0.3 is 0 Å². The lowest BCUT2D eigenvalue weighted by molar-refractivity contribution is -0.133. The number of hydrogen-bond acceptors (Lipinski definition) is 3. The van der Waals surface area contributed by atoms with Crippen molar-refractivity contribution in [3.05, 3.63) is 35.4 Å². The number of guanidine groups is 1. The largest absolute Gasteiger partial charge is 0.356 e. The first-order valence-corrected chi connectivity index (χ1v) is 11.1. The zero-order valence-electron chi connectivity index (χ0n) is 18.5. The Morgan fingerprint density at radius 1 is 1.17 bits per heavy atom. The van der Waals surface area contributed by atoms with Crippen molar-refractivity contribution in [1.82, 2.24) is 20.4 Å². The van der Waals surface area contributed by atoms with Crippen molar-refractivity contribution in [1.29, 1.82) is 0 Å². The molecule has 2 amide bonds. The zero-order chi connectivity index (χ0) is 21.5. The summed E-state index contributed by atoms with van der Waals surface area (Å²) in [4.78, 5) is 32.9. The van der Waals surface area contributed by atoms with E-state index >= 15 is 0 Å². The van der Waals surface area contributed by atoms with Crippen LogP contribution in [0.15, 0.2) is 29.3 Å². The van der Waals surface area contributed by atoms with Gasteiger partial charge in [0.1, 0.15) is 0 Å². The highest BCUT2D eigenvalue weighted by atomic mass is 16.2. The zero-order valence-corrected chi connectivity index (χ0v) is 18.5. The molecule has 1 aromatic carbocycles. The summed E-state index contributed by atoms with van der Waals surface area (Å²) in [5.74, 6) is 1.19. The average Bonchev–Trinajstić information content (AvgIpc) is 3.23. The van der Waals surface area contributed by atoms with Crippen molar-refractivity contribution in [2.24, 2.45) is 10.9 Å². The van der Waals surface area contributed by atoms with E-state index in [4.69, 9.17) is 0 Å². The molecule has 0 spiro atoms. The fraction of sp³-hybridized carbons (Fsp3) is 0.609. The third kappa shape index (κ3) is 5.74. The Labute approximate surface area is 179 Å². The van der Waals surface area contributed by atoms with E-state index in [0.29, 0.717) is 19.5 Å². The summed E-state index contributed by atoms with van der Waals surface area (Å²) in [6.07, 6.45) is 3.16. The Hall–Kier alpha value is -2.57. The van der Waals surface area contributed by atoms with Crippen LogP contribution in [0.2, 0.25) is 0 Å². The van der Waals surface area contributed by atoms with E-state index in [9.17, 15) is 9.59 Å². The molecular formula is C23H35N5O2. The van der Waals surface area contributed by atoms with E-state index < -0.39 is 0 Å². The van der Waals surface area contributed by atoms with Crippen molar-refractivity contribution in [3.8, 4) is 0 Å². The molecule has 1 atom stereocenters. The Balaban J connectivity index is 1.35. The molecule has 1 unspecified atom stereocenters. The number of benzene rings is 1. The van der Waals surface area contributed by atoms with Gasteiger partial charge in [-0.25, -0.2) is 0 Å². The Morgan fingerprint density at radius 2 is 1.93 bits per heavy atom. The molecule has 1 fully saturated rings. The molecule has 7 nitrogen and oxygen atoms in total. The van der Waals surface area contributed by atoms with Gasteiger partial charge in [0.15, 0.2) is 5.96 Å². The minimum Gasteiger partial charge on any atom is -0.356 e. The number of amides is 2. The molecule has 0 saturated carbocycles. The van der Waals surface area contributed by atoms with Gasteiger partial charge in [0.2, 0.25) is 11.8 Å². The van der Waals surface area contributed by atoms with Gasteiger partial charge < -0.3 is 20.4 Å². The van der Waals surface area contributed by atoms with E-state index in [1.807, 2.05) is 29.7 Å². The Morgan fingerprint density at radius 3 is 2.67 bits per heavy atom. The monoisotopic (exact) mass is 413 g/mol. The Bertz CT molecular complexity index is 777. The normalized spacial score (nSPS) is 19.1. The third-order valence-corrected chi connectivity index (χ3v) is 5.90. The molecule has 0 radical (unpaired) electrons. The third-order valence-electron chi connectivity index (χ3n) is 5.90. The highest BCUT2D eigenvalue weighted by Crippen LogP contribution is 2.19. The molecule has 7 heteroatoms. The standard InChI is InChI=1S/C23H35N5O2/c1-17(2)22(30)28-14-11-20(16-28)26-23(24-3)25-12-6-9-21(29)27-13-10-18-7-4-5-8-19(18)15-27/h4-5,7-8,17,20H,6,9-16H2,1-3H3,(H2,24,25,26). The summed E-state index contributed by atoms with van der Waals surface area (Å²) in [5, 5.41) is 6.70. The average molecular weight is 414 g/mol. The molecule has 1 aromatic rings. The molecule has 1 saturated heterocycles. The smallest absolute Gasteiger partial charge is 0.225 e. The number of likely N-dealkylation sites (tertiary alicyclic amines) is 1. The number of hydrogen-bond donors (Lipinski definition) is 2. The molecule has 164 valence electrons. The van der Waals surface area contributed by atoms with Gasteiger partial charge in [0.25, 0.3) is 0 Å². The molecule has 2 aliphatic heterocycles. The minimum atomic E-state index is 0.0344. The van der Waals surface area contributed by atoms with Gasteiger partial charge in [-0.1, -0.05) is 38.1 Å².